The highest BCUT2D eigenvalue weighted by Crippen LogP contribution is 2.21. The second kappa shape index (κ2) is 3.01. The van der Waals surface area contributed by atoms with Gasteiger partial charge in [0.25, 0.3) is 0 Å². The van der Waals surface area contributed by atoms with E-state index in [9.17, 15) is 4.91 Å². The van der Waals surface area contributed by atoms with Gasteiger partial charge in [0.05, 0.1) is 0 Å². The van der Waals surface area contributed by atoms with Gasteiger partial charge in [-0.15, -0.1) is 4.91 Å². The topological polar surface area (TPSA) is 58.9 Å². The molecule has 1 rings (SSSR count). The Morgan fingerprint density at radius 1 is 1.55 bits per heavy atom. The molecule has 0 bridgehead atoms. The van der Waals surface area contributed by atoms with Crippen molar-refractivity contribution >= 4 is 0 Å². The number of nitrogens with zero attached hydrogens (tertiary/aromatic N) is 1. The van der Waals surface area contributed by atoms with Crippen LogP contribution in [0.15, 0.2) is 23.5 Å². The highest BCUT2D eigenvalue weighted by atomic mass is 16.7. The lowest BCUT2D eigenvalue weighted by Crippen LogP contribution is -1.81. The molecule has 0 atom stereocenters. The molecule has 58 valence electrons. The van der Waals surface area contributed by atoms with Gasteiger partial charge in [-0.25, -0.2) is 0 Å². The Morgan fingerprint density at radius 3 is 2.82 bits per heavy atom. The molecule has 11 heavy (non-hydrogen) atoms. The summed E-state index contributed by atoms with van der Waals surface area (Å²) in [4.78, 5) is 13.9. The van der Waals surface area contributed by atoms with Gasteiger partial charge in [-0.1, -0.05) is 0 Å². The molecule has 0 aliphatic heterocycles. The van der Waals surface area contributed by atoms with Crippen molar-refractivity contribution in [2.24, 2.45) is 5.34 Å². The third-order valence-electron chi connectivity index (χ3n) is 1.31. The van der Waals surface area contributed by atoms with Crippen LogP contribution in [0.1, 0.15) is 5.56 Å². The first-order valence-electron chi connectivity index (χ1n) is 3.03. The first-order valence-corrected chi connectivity index (χ1v) is 3.03. The zero-order valence-corrected chi connectivity index (χ0v) is 5.94. The van der Waals surface area contributed by atoms with E-state index in [2.05, 4.69) is 10.2 Å². The van der Waals surface area contributed by atoms with Gasteiger partial charge in [-0.05, 0) is 30.7 Å². The van der Waals surface area contributed by atoms with E-state index in [1.165, 1.54) is 18.2 Å². The number of rotatable bonds is 2. The zero-order valence-electron chi connectivity index (χ0n) is 5.94. The Bertz CT molecular complexity index is 272. The number of phenols is 1. The second-order valence-electron chi connectivity index (χ2n) is 2.11. The van der Waals surface area contributed by atoms with Crippen molar-refractivity contribution < 1.29 is 9.94 Å². The summed E-state index contributed by atoms with van der Waals surface area (Å²) in [5.41, 5.74) is 0.645. The summed E-state index contributed by atoms with van der Waals surface area (Å²) in [6, 6.07) is 4.43. The Labute approximate surface area is 63.4 Å². The smallest absolute Gasteiger partial charge is 0.162 e. The second-order valence-corrected chi connectivity index (χ2v) is 2.11. The molecule has 0 unspecified atom stereocenters. The van der Waals surface area contributed by atoms with Crippen molar-refractivity contribution in [2.75, 3.05) is 0 Å². The fourth-order valence-corrected chi connectivity index (χ4v) is 0.728. The van der Waals surface area contributed by atoms with Crippen LogP contribution in [0, 0.1) is 11.8 Å². The molecule has 4 heteroatoms. The van der Waals surface area contributed by atoms with Gasteiger partial charge < -0.3 is 9.94 Å². The molecule has 4 nitrogen and oxygen atoms in total. The van der Waals surface area contributed by atoms with Crippen LogP contribution in [-0.4, -0.2) is 5.11 Å². The van der Waals surface area contributed by atoms with Crippen molar-refractivity contribution in [1.29, 1.82) is 0 Å². The lowest BCUT2D eigenvalue weighted by atomic mass is 10.2. The van der Waals surface area contributed by atoms with Crippen LogP contribution in [0.2, 0.25) is 0 Å². The molecular formula is C7H7NO3. The molecule has 0 saturated carbocycles. The average molecular weight is 153 g/mol. The maximum Gasteiger partial charge on any atom is 0.162 e. The lowest BCUT2D eigenvalue weighted by molar-refractivity contribution is 0.333. The molecule has 0 aliphatic carbocycles. The van der Waals surface area contributed by atoms with Gasteiger partial charge in [-0.3, -0.25) is 0 Å². The minimum atomic E-state index is 0.170. The maximum atomic E-state index is 9.64. The quantitative estimate of drug-likeness (QED) is 0.520. The summed E-state index contributed by atoms with van der Waals surface area (Å²) in [5.74, 6) is 0.499. The van der Waals surface area contributed by atoms with Gasteiger partial charge in [0.15, 0.2) is 11.1 Å². The number of aromatic hydroxyl groups is 1. The number of phenolic OH excluding ortho intramolecular Hbond substituents is 1. The third kappa shape index (κ3) is 1.67. The summed E-state index contributed by atoms with van der Waals surface area (Å²) in [6.07, 6.45) is 0. The standard InChI is InChI=1S/C7H7NO3/c1-5-4-6(11-8-10)2-3-7(5)9/h2-4,9H,1H3. The highest BCUT2D eigenvalue weighted by Gasteiger charge is 1.98. The van der Waals surface area contributed by atoms with E-state index in [0.717, 1.165) is 0 Å². The van der Waals surface area contributed by atoms with E-state index in [1.807, 2.05) is 0 Å². The molecule has 0 amide bonds. The Balaban J connectivity index is 2.95. The normalized spacial score (nSPS) is 9.18. The minimum Gasteiger partial charge on any atom is -0.508 e. The van der Waals surface area contributed by atoms with E-state index in [-0.39, 0.29) is 5.75 Å². The largest absolute Gasteiger partial charge is 0.508 e. The van der Waals surface area contributed by atoms with Crippen molar-refractivity contribution in [1.82, 2.24) is 0 Å². The van der Waals surface area contributed by atoms with E-state index < -0.39 is 0 Å². The fraction of sp³-hybridized carbons (Fsp3) is 0.143. The van der Waals surface area contributed by atoms with E-state index in [1.54, 1.807) is 6.92 Å². The molecule has 0 aliphatic rings. The lowest BCUT2D eigenvalue weighted by Gasteiger charge is -1.98. The van der Waals surface area contributed by atoms with Gasteiger partial charge in [0, 0.05) is 0 Å². The highest BCUT2D eigenvalue weighted by molar-refractivity contribution is 5.37. The molecular weight excluding hydrogens is 146 g/mol. The number of aryl methyl sites for hydroxylation is 1. The minimum absolute atomic E-state index is 0.170. The molecule has 0 spiro atoms. The van der Waals surface area contributed by atoms with Crippen molar-refractivity contribution in [3.8, 4) is 11.5 Å². The van der Waals surface area contributed by atoms with Crippen molar-refractivity contribution in [3.05, 3.63) is 28.7 Å². The molecule has 1 aromatic rings. The van der Waals surface area contributed by atoms with Crippen LogP contribution in [0.25, 0.3) is 0 Å². The summed E-state index contributed by atoms with van der Waals surface area (Å²) >= 11 is 0. The predicted octanol–water partition coefficient (Wildman–Crippen LogP) is 1.76. The molecule has 1 N–H and O–H groups in total. The van der Waals surface area contributed by atoms with E-state index in [4.69, 9.17) is 5.11 Å². The van der Waals surface area contributed by atoms with Crippen LogP contribution in [-0.2, 0) is 0 Å². The Hall–Kier alpha value is -1.58. The summed E-state index contributed by atoms with van der Waals surface area (Å²) in [5, 5.41) is 11.3. The molecule has 0 heterocycles. The predicted molar refractivity (Wildman–Crippen MR) is 39.3 cm³/mol. The summed E-state index contributed by atoms with van der Waals surface area (Å²) < 4.78 is 0. The number of hydrogen-bond donors (Lipinski definition) is 1. The summed E-state index contributed by atoms with van der Waals surface area (Å²) in [6.45, 7) is 1.70. The first kappa shape index (κ1) is 7.53. The molecule has 0 saturated heterocycles. The van der Waals surface area contributed by atoms with Crippen molar-refractivity contribution in [2.45, 2.75) is 6.92 Å². The Kier molecular flexibility index (Phi) is 2.06. The Morgan fingerprint density at radius 2 is 2.27 bits per heavy atom. The van der Waals surface area contributed by atoms with E-state index in [0.29, 0.717) is 11.3 Å². The summed E-state index contributed by atoms with van der Waals surface area (Å²) in [7, 11) is 0. The van der Waals surface area contributed by atoms with Gasteiger partial charge in [0.1, 0.15) is 5.75 Å². The fourth-order valence-electron chi connectivity index (χ4n) is 0.728. The van der Waals surface area contributed by atoms with Gasteiger partial charge >= 0.3 is 0 Å². The first-order chi connectivity index (χ1) is 5.24. The number of benzene rings is 1. The molecule has 0 fully saturated rings. The molecule has 1 aromatic carbocycles. The molecule has 0 aromatic heterocycles. The van der Waals surface area contributed by atoms with Gasteiger partial charge in [-0.2, -0.15) is 0 Å². The van der Waals surface area contributed by atoms with Crippen LogP contribution in [0.4, 0.5) is 0 Å². The van der Waals surface area contributed by atoms with Gasteiger partial charge in [0.2, 0.25) is 0 Å². The van der Waals surface area contributed by atoms with Crippen molar-refractivity contribution in [3.63, 3.8) is 0 Å². The third-order valence-corrected chi connectivity index (χ3v) is 1.31. The zero-order chi connectivity index (χ0) is 8.27. The SMILES string of the molecule is Cc1cc(ON=O)ccc1O. The molecule has 0 radical (unpaired) electrons. The van der Waals surface area contributed by atoms with Crippen LogP contribution in [0.5, 0.6) is 11.5 Å². The van der Waals surface area contributed by atoms with Crippen LogP contribution < -0.4 is 4.84 Å². The number of hydrogen-bond acceptors (Lipinski definition) is 4. The monoisotopic (exact) mass is 153 g/mol. The maximum absolute atomic E-state index is 9.64. The van der Waals surface area contributed by atoms with Crippen LogP contribution in [0.3, 0.4) is 0 Å². The van der Waals surface area contributed by atoms with Crippen LogP contribution >= 0.6 is 0 Å². The van der Waals surface area contributed by atoms with E-state index >= 15 is 0 Å². The average Bonchev–Trinajstić information content (AvgIpc) is 1.98.